The van der Waals surface area contributed by atoms with Gasteiger partial charge in [0.05, 0.1) is 13.1 Å². The molecule has 1 aliphatic rings. The van der Waals surface area contributed by atoms with Crippen molar-refractivity contribution in [1.29, 1.82) is 0 Å². The molecule has 24 heavy (non-hydrogen) atoms. The summed E-state index contributed by atoms with van der Waals surface area (Å²) in [4.78, 5) is 27.1. The molecule has 0 radical (unpaired) electrons. The van der Waals surface area contributed by atoms with Crippen molar-refractivity contribution >= 4 is 11.8 Å². The molecule has 6 nitrogen and oxygen atoms in total. The molecule has 1 heterocycles. The van der Waals surface area contributed by atoms with Crippen LogP contribution >= 0.6 is 0 Å². The second-order valence-electron chi connectivity index (χ2n) is 6.42. The molecule has 0 saturated carbocycles. The Bertz CT molecular complexity index is 604. The van der Waals surface area contributed by atoms with E-state index in [4.69, 9.17) is 4.74 Å². The average Bonchev–Trinajstić information content (AvgIpc) is 2.55. The summed E-state index contributed by atoms with van der Waals surface area (Å²) < 4.78 is 5.70. The maximum atomic E-state index is 12.6. The number of likely N-dealkylation sites (tertiary alicyclic amines) is 1. The Morgan fingerprint density at radius 2 is 2.08 bits per heavy atom. The molecule has 6 heteroatoms. The topological polar surface area (TPSA) is 70.1 Å². The summed E-state index contributed by atoms with van der Waals surface area (Å²) in [6, 6.07) is 7.69. The first kappa shape index (κ1) is 18.3. The quantitative estimate of drug-likeness (QED) is 0.879. The smallest absolute Gasteiger partial charge is 0.256 e. The lowest BCUT2D eigenvalue weighted by molar-refractivity contribution is -0.159. The standard InChI is InChI=1S/C18H26N2O4/c1-14-7-4-5-8-16(14)24-12-11-19(3)17(22)18(23)9-6-10-20(13-18)15(2)21/h4-5,7-8,23H,6,9-13H2,1-3H3. The molecule has 1 aromatic rings. The number of benzene rings is 1. The molecule has 2 amide bonds. The zero-order chi connectivity index (χ0) is 17.7. The molecule has 132 valence electrons. The number of β-amino-alcohol motifs (C(OH)–C–C–N with tert-alkyl or cyclic N) is 1. The van der Waals surface area contributed by atoms with E-state index < -0.39 is 5.60 Å². The predicted molar refractivity (Wildman–Crippen MR) is 90.7 cm³/mol. The second kappa shape index (κ2) is 7.66. The van der Waals surface area contributed by atoms with Gasteiger partial charge in [0.1, 0.15) is 12.4 Å². The molecule has 1 unspecified atom stereocenters. The molecule has 1 atom stereocenters. The fraction of sp³-hybridized carbons (Fsp3) is 0.556. The molecule has 0 bridgehead atoms. The highest BCUT2D eigenvalue weighted by atomic mass is 16.5. The van der Waals surface area contributed by atoms with Crippen molar-refractivity contribution in [3.05, 3.63) is 29.8 Å². The van der Waals surface area contributed by atoms with Crippen LogP contribution in [0, 0.1) is 6.92 Å². The van der Waals surface area contributed by atoms with E-state index in [1.54, 1.807) is 7.05 Å². The van der Waals surface area contributed by atoms with Crippen LogP contribution < -0.4 is 4.74 Å². The molecular weight excluding hydrogens is 308 g/mol. The normalized spacial score (nSPS) is 20.6. The number of aryl methyl sites for hydroxylation is 1. The van der Waals surface area contributed by atoms with E-state index in [0.717, 1.165) is 11.3 Å². The van der Waals surface area contributed by atoms with Crippen LogP contribution in [0.1, 0.15) is 25.3 Å². The van der Waals surface area contributed by atoms with Crippen LogP contribution in [-0.4, -0.2) is 65.6 Å². The van der Waals surface area contributed by atoms with Crippen molar-refractivity contribution in [2.24, 2.45) is 0 Å². The van der Waals surface area contributed by atoms with Crippen LogP contribution in [0.25, 0.3) is 0 Å². The number of hydrogen-bond donors (Lipinski definition) is 1. The molecular formula is C18H26N2O4. The van der Waals surface area contributed by atoms with Crippen molar-refractivity contribution in [1.82, 2.24) is 9.80 Å². The first-order chi connectivity index (χ1) is 11.3. The molecule has 1 aliphatic heterocycles. The number of nitrogens with zero attached hydrogens (tertiary/aromatic N) is 2. The van der Waals surface area contributed by atoms with E-state index in [0.29, 0.717) is 32.5 Å². The summed E-state index contributed by atoms with van der Waals surface area (Å²) in [5.74, 6) is 0.311. The number of hydrogen-bond acceptors (Lipinski definition) is 4. The van der Waals surface area contributed by atoms with E-state index in [9.17, 15) is 14.7 Å². The Hall–Kier alpha value is -2.08. The highest BCUT2D eigenvalue weighted by Crippen LogP contribution is 2.23. The van der Waals surface area contributed by atoms with Gasteiger partial charge in [0, 0.05) is 20.5 Å². The number of likely N-dealkylation sites (N-methyl/N-ethyl adjacent to an activating group) is 1. The van der Waals surface area contributed by atoms with Crippen molar-refractivity contribution < 1.29 is 19.4 Å². The van der Waals surface area contributed by atoms with Crippen molar-refractivity contribution in [3.8, 4) is 5.75 Å². The summed E-state index contributed by atoms with van der Waals surface area (Å²) in [5, 5.41) is 10.7. The predicted octanol–water partition coefficient (Wildman–Crippen LogP) is 1.21. The maximum Gasteiger partial charge on any atom is 0.256 e. The average molecular weight is 334 g/mol. The highest BCUT2D eigenvalue weighted by Gasteiger charge is 2.42. The van der Waals surface area contributed by atoms with Gasteiger partial charge in [0.2, 0.25) is 5.91 Å². The van der Waals surface area contributed by atoms with Crippen molar-refractivity contribution in [2.75, 3.05) is 33.3 Å². The van der Waals surface area contributed by atoms with E-state index in [-0.39, 0.29) is 18.4 Å². The first-order valence-corrected chi connectivity index (χ1v) is 8.25. The number of carbonyl (C=O) groups excluding carboxylic acids is 2. The van der Waals surface area contributed by atoms with Gasteiger partial charge < -0.3 is 19.6 Å². The molecule has 1 saturated heterocycles. The van der Waals surface area contributed by atoms with Crippen molar-refractivity contribution in [2.45, 2.75) is 32.3 Å². The Morgan fingerprint density at radius 3 is 2.75 bits per heavy atom. The monoisotopic (exact) mass is 334 g/mol. The first-order valence-electron chi connectivity index (χ1n) is 8.25. The van der Waals surface area contributed by atoms with E-state index >= 15 is 0 Å². The van der Waals surface area contributed by atoms with Crippen molar-refractivity contribution in [3.63, 3.8) is 0 Å². The van der Waals surface area contributed by atoms with Crippen LogP contribution in [0.5, 0.6) is 5.75 Å². The Morgan fingerprint density at radius 1 is 1.38 bits per heavy atom. The molecule has 1 fully saturated rings. The van der Waals surface area contributed by atoms with Crippen LogP contribution in [-0.2, 0) is 9.59 Å². The molecule has 2 rings (SSSR count). The van der Waals surface area contributed by atoms with Gasteiger partial charge in [-0.1, -0.05) is 18.2 Å². The minimum absolute atomic E-state index is 0.0597. The lowest BCUT2D eigenvalue weighted by Crippen LogP contribution is -2.58. The summed E-state index contributed by atoms with van der Waals surface area (Å²) in [7, 11) is 1.65. The molecule has 1 aromatic carbocycles. The summed E-state index contributed by atoms with van der Waals surface area (Å²) in [6.45, 7) is 4.78. The van der Waals surface area contributed by atoms with Crippen LogP contribution in [0.4, 0.5) is 0 Å². The lowest BCUT2D eigenvalue weighted by Gasteiger charge is -2.39. The second-order valence-corrected chi connectivity index (χ2v) is 6.42. The van der Waals surface area contributed by atoms with Gasteiger partial charge >= 0.3 is 0 Å². The summed E-state index contributed by atoms with van der Waals surface area (Å²) >= 11 is 0. The van der Waals surface area contributed by atoms with Gasteiger partial charge in [-0.15, -0.1) is 0 Å². The summed E-state index contributed by atoms with van der Waals surface area (Å²) in [6.07, 6.45) is 0.994. The number of carbonyl (C=O) groups is 2. The Kier molecular flexibility index (Phi) is 5.83. The fourth-order valence-corrected chi connectivity index (χ4v) is 2.95. The van der Waals surface area contributed by atoms with E-state index in [1.165, 1.54) is 16.7 Å². The number of piperidine rings is 1. The van der Waals surface area contributed by atoms with Gasteiger partial charge in [-0.2, -0.15) is 0 Å². The molecule has 1 N–H and O–H groups in total. The molecule has 0 spiro atoms. The minimum Gasteiger partial charge on any atom is -0.491 e. The third kappa shape index (κ3) is 4.26. The zero-order valence-electron chi connectivity index (χ0n) is 14.6. The van der Waals surface area contributed by atoms with Crippen LogP contribution in [0.2, 0.25) is 0 Å². The number of aliphatic hydroxyl groups is 1. The van der Waals surface area contributed by atoms with Gasteiger partial charge in [-0.05, 0) is 31.4 Å². The molecule has 0 aliphatic carbocycles. The lowest BCUT2D eigenvalue weighted by atomic mass is 9.91. The SMILES string of the molecule is CC(=O)N1CCCC(O)(C(=O)N(C)CCOc2ccccc2C)C1. The summed E-state index contributed by atoms with van der Waals surface area (Å²) in [5.41, 5.74) is -0.462. The van der Waals surface area contributed by atoms with E-state index in [1.807, 2.05) is 31.2 Å². The van der Waals surface area contributed by atoms with Crippen LogP contribution in [0.15, 0.2) is 24.3 Å². The number of rotatable bonds is 5. The molecule has 0 aromatic heterocycles. The Labute approximate surface area is 143 Å². The highest BCUT2D eigenvalue weighted by molar-refractivity contribution is 5.86. The maximum absolute atomic E-state index is 12.6. The third-order valence-electron chi connectivity index (χ3n) is 4.44. The zero-order valence-corrected chi connectivity index (χ0v) is 14.6. The van der Waals surface area contributed by atoms with Gasteiger partial charge in [-0.3, -0.25) is 9.59 Å². The Balaban J connectivity index is 1.89. The van der Waals surface area contributed by atoms with E-state index in [2.05, 4.69) is 0 Å². The largest absolute Gasteiger partial charge is 0.491 e. The minimum atomic E-state index is -1.50. The van der Waals surface area contributed by atoms with Gasteiger partial charge in [0.15, 0.2) is 5.60 Å². The third-order valence-corrected chi connectivity index (χ3v) is 4.44. The van der Waals surface area contributed by atoms with Gasteiger partial charge in [-0.25, -0.2) is 0 Å². The number of para-hydroxylation sites is 1. The number of amides is 2. The fourth-order valence-electron chi connectivity index (χ4n) is 2.95. The van der Waals surface area contributed by atoms with Crippen LogP contribution in [0.3, 0.4) is 0 Å². The number of ether oxygens (including phenoxy) is 1. The van der Waals surface area contributed by atoms with Gasteiger partial charge in [0.25, 0.3) is 5.91 Å².